The predicted molar refractivity (Wildman–Crippen MR) is 70.1 cm³/mol. The lowest BCUT2D eigenvalue weighted by atomic mass is 10.2. The van der Waals surface area contributed by atoms with E-state index >= 15 is 0 Å². The van der Waals surface area contributed by atoms with Gasteiger partial charge in [-0.3, -0.25) is 9.59 Å². The van der Waals surface area contributed by atoms with Crippen LogP contribution in [-0.2, 0) is 9.59 Å². The van der Waals surface area contributed by atoms with Crippen LogP contribution in [0.5, 0.6) is 0 Å². The van der Waals surface area contributed by atoms with Crippen molar-refractivity contribution in [3.8, 4) is 0 Å². The summed E-state index contributed by atoms with van der Waals surface area (Å²) in [7, 11) is 0. The number of carbonyl (C=O) groups excluding carboxylic acids is 2. The van der Waals surface area contributed by atoms with Gasteiger partial charge in [0.05, 0.1) is 10.7 Å². The smallest absolute Gasteiger partial charge is 0.247 e. The lowest BCUT2D eigenvalue weighted by Crippen LogP contribution is -2.55. The Bertz CT molecular complexity index is 495. The van der Waals surface area contributed by atoms with Crippen molar-refractivity contribution in [3.63, 3.8) is 0 Å². The Morgan fingerprint density at radius 3 is 3.11 bits per heavy atom. The molecule has 0 aliphatic carbocycles. The number of hydrogen-bond acceptors (Lipinski definition) is 4. The summed E-state index contributed by atoms with van der Waals surface area (Å²) in [4.78, 5) is 29.2. The van der Waals surface area contributed by atoms with Crippen molar-refractivity contribution in [2.24, 2.45) is 0 Å². The van der Waals surface area contributed by atoms with Crippen LogP contribution in [-0.4, -0.2) is 40.8 Å². The fourth-order valence-corrected chi connectivity index (χ4v) is 2.37. The van der Waals surface area contributed by atoms with E-state index in [1.165, 1.54) is 6.08 Å². The first-order valence-electron chi connectivity index (χ1n) is 5.76. The highest BCUT2D eigenvalue weighted by atomic mass is 32.1. The van der Waals surface area contributed by atoms with Crippen LogP contribution in [0.2, 0.25) is 0 Å². The minimum atomic E-state index is -0.409. The van der Waals surface area contributed by atoms with Crippen molar-refractivity contribution in [3.05, 3.63) is 22.2 Å². The van der Waals surface area contributed by atoms with Gasteiger partial charge in [0.1, 0.15) is 6.04 Å². The minimum Gasteiger partial charge on any atom is -0.353 e. The van der Waals surface area contributed by atoms with Gasteiger partial charge in [-0.25, -0.2) is 4.98 Å². The van der Waals surface area contributed by atoms with Gasteiger partial charge in [0.2, 0.25) is 11.8 Å². The van der Waals surface area contributed by atoms with Crippen LogP contribution in [0.1, 0.15) is 17.6 Å². The van der Waals surface area contributed by atoms with Crippen LogP contribution >= 0.6 is 11.3 Å². The lowest BCUT2D eigenvalue weighted by molar-refractivity contribution is -0.139. The van der Waals surface area contributed by atoms with Gasteiger partial charge < -0.3 is 10.2 Å². The summed E-state index contributed by atoms with van der Waals surface area (Å²) in [5.74, 6) is -0.254. The fourth-order valence-electron chi connectivity index (χ4n) is 1.79. The van der Waals surface area contributed by atoms with E-state index in [0.29, 0.717) is 13.1 Å². The molecular weight excluding hydrogens is 250 g/mol. The topological polar surface area (TPSA) is 62.3 Å². The summed E-state index contributed by atoms with van der Waals surface area (Å²) >= 11 is 1.54. The fraction of sp³-hybridized carbons (Fsp3) is 0.417. The Hall–Kier alpha value is -1.69. The molecule has 0 saturated carbocycles. The number of amides is 2. The third-order valence-corrected chi connectivity index (χ3v) is 3.61. The molecule has 5 nitrogen and oxygen atoms in total. The highest BCUT2D eigenvalue weighted by molar-refractivity contribution is 7.09. The summed E-state index contributed by atoms with van der Waals surface area (Å²) in [6.45, 7) is 4.71. The highest BCUT2D eigenvalue weighted by Gasteiger charge is 2.27. The molecule has 1 aromatic rings. The summed E-state index contributed by atoms with van der Waals surface area (Å²) in [6.07, 6.45) is 3.16. The standard InChI is InChI=1S/C12H15N3O2S/c1-8-12(17)13-5-6-15(8)11(16)4-3-10-7-18-9(2)14-10/h3-4,7-8H,5-6H2,1-2H3,(H,13,17). The van der Waals surface area contributed by atoms with Crippen LogP contribution in [0.25, 0.3) is 6.08 Å². The molecule has 1 aromatic heterocycles. The molecule has 18 heavy (non-hydrogen) atoms. The summed E-state index contributed by atoms with van der Waals surface area (Å²) in [6, 6.07) is -0.409. The van der Waals surface area contributed by atoms with E-state index in [4.69, 9.17) is 0 Å². The van der Waals surface area contributed by atoms with Crippen molar-refractivity contribution < 1.29 is 9.59 Å². The van der Waals surface area contributed by atoms with Crippen LogP contribution in [0.15, 0.2) is 11.5 Å². The molecule has 0 spiro atoms. The molecular formula is C12H15N3O2S. The van der Waals surface area contributed by atoms with E-state index in [9.17, 15) is 9.59 Å². The molecule has 2 rings (SSSR count). The maximum Gasteiger partial charge on any atom is 0.247 e. The second-order valence-electron chi connectivity index (χ2n) is 4.12. The van der Waals surface area contributed by atoms with E-state index < -0.39 is 6.04 Å². The third-order valence-electron chi connectivity index (χ3n) is 2.82. The molecule has 0 aromatic carbocycles. The third kappa shape index (κ3) is 2.76. The number of rotatable bonds is 2. The Balaban J connectivity index is 2.03. The number of nitrogens with zero attached hydrogens (tertiary/aromatic N) is 2. The van der Waals surface area contributed by atoms with Crippen molar-refractivity contribution >= 4 is 29.2 Å². The normalized spacial score (nSPS) is 20.2. The second kappa shape index (κ2) is 5.30. The number of aryl methyl sites for hydroxylation is 1. The van der Waals surface area contributed by atoms with Crippen molar-refractivity contribution in [2.45, 2.75) is 19.9 Å². The number of thiazole rings is 1. The number of aromatic nitrogens is 1. The monoisotopic (exact) mass is 265 g/mol. The molecule has 6 heteroatoms. The molecule has 2 heterocycles. The first-order chi connectivity index (χ1) is 8.58. The molecule has 0 bridgehead atoms. The van der Waals surface area contributed by atoms with E-state index in [1.54, 1.807) is 29.2 Å². The summed E-state index contributed by atoms with van der Waals surface area (Å²) in [5, 5.41) is 5.59. The molecule has 0 radical (unpaired) electrons. The van der Waals surface area contributed by atoms with E-state index in [-0.39, 0.29) is 11.8 Å². The van der Waals surface area contributed by atoms with Gasteiger partial charge in [0.25, 0.3) is 0 Å². The number of nitrogens with one attached hydrogen (secondary N) is 1. The van der Waals surface area contributed by atoms with Gasteiger partial charge in [0.15, 0.2) is 0 Å². The number of hydrogen-bond donors (Lipinski definition) is 1. The first kappa shape index (κ1) is 12.8. The van der Waals surface area contributed by atoms with Crippen LogP contribution in [0.4, 0.5) is 0 Å². The predicted octanol–water partition coefficient (Wildman–Crippen LogP) is 0.812. The van der Waals surface area contributed by atoms with E-state index in [0.717, 1.165) is 10.7 Å². The van der Waals surface area contributed by atoms with Gasteiger partial charge in [0, 0.05) is 24.5 Å². The Morgan fingerprint density at radius 1 is 1.67 bits per heavy atom. The van der Waals surface area contributed by atoms with Gasteiger partial charge >= 0.3 is 0 Å². The van der Waals surface area contributed by atoms with Crippen molar-refractivity contribution in [1.82, 2.24) is 15.2 Å². The number of carbonyl (C=O) groups is 2. The van der Waals surface area contributed by atoms with Gasteiger partial charge in [-0.05, 0) is 19.9 Å². The Morgan fingerprint density at radius 2 is 2.44 bits per heavy atom. The van der Waals surface area contributed by atoms with Crippen LogP contribution in [0, 0.1) is 6.92 Å². The molecule has 1 unspecified atom stereocenters. The van der Waals surface area contributed by atoms with Crippen LogP contribution in [0.3, 0.4) is 0 Å². The van der Waals surface area contributed by atoms with Crippen molar-refractivity contribution in [1.29, 1.82) is 0 Å². The average molecular weight is 265 g/mol. The molecule has 1 aliphatic heterocycles. The van der Waals surface area contributed by atoms with E-state index in [2.05, 4.69) is 10.3 Å². The zero-order chi connectivity index (χ0) is 13.1. The molecule has 1 atom stereocenters. The SMILES string of the molecule is Cc1nc(C=CC(=O)N2CCNC(=O)C2C)cs1. The van der Waals surface area contributed by atoms with Gasteiger partial charge in [-0.1, -0.05) is 0 Å². The first-order valence-corrected chi connectivity index (χ1v) is 6.64. The maximum atomic E-state index is 12.0. The average Bonchev–Trinajstić information content (AvgIpc) is 2.76. The van der Waals surface area contributed by atoms with Crippen molar-refractivity contribution in [2.75, 3.05) is 13.1 Å². The van der Waals surface area contributed by atoms with Gasteiger partial charge in [-0.15, -0.1) is 11.3 Å². The quantitative estimate of drug-likeness (QED) is 0.805. The zero-order valence-corrected chi connectivity index (χ0v) is 11.2. The Labute approximate surface area is 110 Å². The molecule has 1 saturated heterocycles. The summed E-state index contributed by atoms with van der Waals surface area (Å²) in [5.41, 5.74) is 0.778. The Kier molecular flexibility index (Phi) is 3.76. The van der Waals surface area contributed by atoms with E-state index in [1.807, 2.05) is 12.3 Å². The molecule has 96 valence electrons. The zero-order valence-electron chi connectivity index (χ0n) is 10.3. The number of piperazine rings is 1. The highest BCUT2D eigenvalue weighted by Crippen LogP contribution is 2.10. The molecule has 1 fully saturated rings. The summed E-state index contributed by atoms with van der Waals surface area (Å²) < 4.78 is 0. The molecule has 2 amide bonds. The lowest BCUT2D eigenvalue weighted by Gasteiger charge is -2.31. The second-order valence-corrected chi connectivity index (χ2v) is 5.19. The maximum absolute atomic E-state index is 12.0. The van der Waals surface area contributed by atoms with Gasteiger partial charge in [-0.2, -0.15) is 0 Å². The minimum absolute atomic E-state index is 0.104. The largest absolute Gasteiger partial charge is 0.353 e. The molecule has 1 aliphatic rings. The van der Waals surface area contributed by atoms with Crippen LogP contribution < -0.4 is 5.32 Å². The molecule has 1 N–H and O–H groups in total.